The molecule has 0 aromatic heterocycles. The highest BCUT2D eigenvalue weighted by Crippen LogP contribution is 2.23. The summed E-state index contributed by atoms with van der Waals surface area (Å²) in [5.74, 6) is 0.354. The number of Topliss-reactive ketones (excluding diaryl/α,β-unsaturated/α-hetero) is 1. The van der Waals surface area contributed by atoms with Gasteiger partial charge in [-0.15, -0.1) is 6.58 Å². The van der Waals surface area contributed by atoms with Crippen molar-refractivity contribution in [1.29, 1.82) is 0 Å². The van der Waals surface area contributed by atoms with Crippen molar-refractivity contribution in [3.63, 3.8) is 0 Å². The maximum absolute atomic E-state index is 12.1. The molecule has 0 unspecified atom stereocenters. The third-order valence-electron chi connectivity index (χ3n) is 3.36. The number of carbonyl (C=O) groups excluding carboxylic acids is 1. The van der Waals surface area contributed by atoms with Gasteiger partial charge < -0.3 is 0 Å². The van der Waals surface area contributed by atoms with Crippen molar-refractivity contribution in [3.8, 4) is 0 Å². The van der Waals surface area contributed by atoms with Crippen LogP contribution in [0.15, 0.2) is 12.2 Å². The van der Waals surface area contributed by atoms with Crippen molar-refractivity contribution in [2.24, 2.45) is 0 Å². The maximum Gasteiger partial charge on any atom is 0.152 e. The molecule has 1 saturated heterocycles. The standard InChI is InChI=1S/C13H23NO/c1-11(2)7-8-12(15)13(3,4)14-9-5-6-10-14/h1,5-10H2,2-4H3. The second kappa shape index (κ2) is 4.93. The van der Waals surface area contributed by atoms with Gasteiger partial charge in [-0.2, -0.15) is 0 Å². The molecule has 2 nitrogen and oxygen atoms in total. The number of hydrogen-bond donors (Lipinski definition) is 0. The Balaban J connectivity index is 2.51. The van der Waals surface area contributed by atoms with Crippen molar-refractivity contribution >= 4 is 5.78 Å². The van der Waals surface area contributed by atoms with E-state index in [2.05, 4.69) is 25.3 Å². The van der Waals surface area contributed by atoms with Crippen LogP contribution in [-0.2, 0) is 4.79 Å². The molecule has 0 radical (unpaired) electrons. The Morgan fingerprint density at radius 1 is 1.27 bits per heavy atom. The molecule has 0 bridgehead atoms. The molecule has 1 fully saturated rings. The molecule has 1 aliphatic rings. The molecule has 0 spiro atoms. The summed E-state index contributed by atoms with van der Waals surface area (Å²) in [7, 11) is 0. The Bertz CT molecular complexity index is 249. The summed E-state index contributed by atoms with van der Waals surface area (Å²) in [6.07, 6.45) is 3.93. The molecule has 1 heterocycles. The van der Waals surface area contributed by atoms with E-state index in [4.69, 9.17) is 0 Å². The minimum absolute atomic E-state index is 0.272. The first-order valence-corrected chi connectivity index (χ1v) is 5.87. The molecule has 0 N–H and O–H groups in total. The highest BCUT2D eigenvalue weighted by molar-refractivity contribution is 5.87. The smallest absolute Gasteiger partial charge is 0.152 e. The number of likely N-dealkylation sites (tertiary alicyclic amines) is 1. The van der Waals surface area contributed by atoms with Gasteiger partial charge in [0.25, 0.3) is 0 Å². The normalized spacial score (nSPS) is 18.1. The van der Waals surface area contributed by atoms with E-state index in [9.17, 15) is 4.79 Å². The van der Waals surface area contributed by atoms with Crippen molar-refractivity contribution in [1.82, 2.24) is 4.90 Å². The molecule has 15 heavy (non-hydrogen) atoms. The lowest BCUT2D eigenvalue weighted by Crippen LogP contribution is -2.48. The molecule has 1 aliphatic heterocycles. The molecule has 0 atom stereocenters. The molecule has 0 aromatic carbocycles. The van der Waals surface area contributed by atoms with Crippen LogP contribution in [0.25, 0.3) is 0 Å². The second-order valence-corrected chi connectivity index (χ2v) is 5.13. The van der Waals surface area contributed by atoms with Gasteiger partial charge >= 0.3 is 0 Å². The first-order chi connectivity index (χ1) is 6.94. The first kappa shape index (κ1) is 12.4. The van der Waals surface area contributed by atoms with Crippen LogP contribution in [0.4, 0.5) is 0 Å². The lowest BCUT2D eigenvalue weighted by atomic mass is 9.92. The SMILES string of the molecule is C=C(C)CCC(=O)C(C)(C)N1CCCC1. The van der Waals surface area contributed by atoms with Crippen molar-refractivity contribution in [2.45, 2.75) is 52.0 Å². The monoisotopic (exact) mass is 209 g/mol. The summed E-state index contributed by atoms with van der Waals surface area (Å²) in [5.41, 5.74) is 0.826. The van der Waals surface area contributed by atoms with Gasteiger partial charge in [-0.05, 0) is 53.1 Å². The van der Waals surface area contributed by atoms with E-state index < -0.39 is 0 Å². The Kier molecular flexibility index (Phi) is 4.09. The van der Waals surface area contributed by atoms with Crippen LogP contribution in [-0.4, -0.2) is 29.3 Å². The first-order valence-electron chi connectivity index (χ1n) is 5.87. The molecule has 0 saturated carbocycles. The van der Waals surface area contributed by atoms with E-state index >= 15 is 0 Å². The van der Waals surface area contributed by atoms with Crippen LogP contribution >= 0.6 is 0 Å². The van der Waals surface area contributed by atoms with Crippen LogP contribution in [0.1, 0.15) is 46.5 Å². The Labute approximate surface area is 93.3 Å². The fraction of sp³-hybridized carbons (Fsp3) is 0.769. The van der Waals surface area contributed by atoms with E-state index in [1.807, 2.05) is 6.92 Å². The lowest BCUT2D eigenvalue weighted by molar-refractivity contribution is -0.128. The zero-order valence-electron chi connectivity index (χ0n) is 10.3. The van der Waals surface area contributed by atoms with Crippen LogP contribution in [0.5, 0.6) is 0 Å². The lowest BCUT2D eigenvalue weighted by Gasteiger charge is -2.34. The zero-order chi connectivity index (χ0) is 11.5. The molecular formula is C13H23NO. The molecule has 0 aromatic rings. The average molecular weight is 209 g/mol. The Morgan fingerprint density at radius 2 is 1.80 bits per heavy atom. The van der Waals surface area contributed by atoms with Crippen LogP contribution in [0.2, 0.25) is 0 Å². The molecular weight excluding hydrogens is 186 g/mol. The van der Waals surface area contributed by atoms with Gasteiger partial charge in [0.1, 0.15) is 0 Å². The maximum atomic E-state index is 12.1. The molecule has 1 rings (SSSR count). The number of hydrogen-bond acceptors (Lipinski definition) is 2. The minimum atomic E-state index is -0.272. The van der Waals surface area contributed by atoms with Gasteiger partial charge in [0.05, 0.1) is 5.54 Å². The molecule has 0 aliphatic carbocycles. The number of nitrogens with zero attached hydrogens (tertiary/aromatic N) is 1. The summed E-state index contributed by atoms with van der Waals surface area (Å²) in [5, 5.41) is 0. The fourth-order valence-corrected chi connectivity index (χ4v) is 2.09. The minimum Gasteiger partial charge on any atom is -0.298 e. The summed E-state index contributed by atoms with van der Waals surface area (Å²) in [6, 6.07) is 0. The van der Waals surface area contributed by atoms with Gasteiger partial charge in [-0.1, -0.05) is 5.57 Å². The summed E-state index contributed by atoms with van der Waals surface area (Å²) in [6.45, 7) is 12.1. The predicted octanol–water partition coefficient (Wildman–Crippen LogP) is 2.79. The average Bonchev–Trinajstić information content (AvgIpc) is 2.66. The third-order valence-corrected chi connectivity index (χ3v) is 3.36. The molecule has 0 amide bonds. The molecule has 86 valence electrons. The highest BCUT2D eigenvalue weighted by atomic mass is 16.1. The number of ketones is 1. The van der Waals surface area contributed by atoms with Crippen molar-refractivity contribution in [3.05, 3.63) is 12.2 Å². The van der Waals surface area contributed by atoms with E-state index in [1.54, 1.807) is 0 Å². The van der Waals surface area contributed by atoms with Crippen molar-refractivity contribution < 1.29 is 4.79 Å². The Morgan fingerprint density at radius 3 is 2.27 bits per heavy atom. The van der Waals surface area contributed by atoms with Crippen LogP contribution < -0.4 is 0 Å². The van der Waals surface area contributed by atoms with Gasteiger partial charge in [0.2, 0.25) is 0 Å². The van der Waals surface area contributed by atoms with E-state index in [0.717, 1.165) is 25.1 Å². The van der Waals surface area contributed by atoms with Gasteiger partial charge in [0.15, 0.2) is 5.78 Å². The van der Waals surface area contributed by atoms with Crippen molar-refractivity contribution in [2.75, 3.05) is 13.1 Å². The van der Waals surface area contributed by atoms with E-state index in [-0.39, 0.29) is 5.54 Å². The largest absolute Gasteiger partial charge is 0.298 e. The number of rotatable bonds is 5. The van der Waals surface area contributed by atoms with Gasteiger partial charge in [-0.25, -0.2) is 0 Å². The number of allylic oxidation sites excluding steroid dienone is 1. The Hall–Kier alpha value is -0.630. The second-order valence-electron chi connectivity index (χ2n) is 5.13. The highest BCUT2D eigenvalue weighted by Gasteiger charge is 2.34. The zero-order valence-corrected chi connectivity index (χ0v) is 10.3. The van der Waals surface area contributed by atoms with Crippen LogP contribution in [0.3, 0.4) is 0 Å². The number of carbonyl (C=O) groups is 1. The topological polar surface area (TPSA) is 20.3 Å². The summed E-state index contributed by atoms with van der Waals surface area (Å²) in [4.78, 5) is 14.4. The van der Waals surface area contributed by atoms with Crippen LogP contribution in [0, 0.1) is 0 Å². The third kappa shape index (κ3) is 3.16. The summed E-state index contributed by atoms with van der Waals surface area (Å²) >= 11 is 0. The van der Waals surface area contributed by atoms with Gasteiger partial charge in [-0.3, -0.25) is 9.69 Å². The predicted molar refractivity (Wildman–Crippen MR) is 63.9 cm³/mol. The fourth-order valence-electron chi connectivity index (χ4n) is 2.09. The van der Waals surface area contributed by atoms with Gasteiger partial charge in [0, 0.05) is 6.42 Å². The summed E-state index contributed by atoms with van der Waals surface area (Å²) < 4.78 is 0. The molecule has 2 heteroatoms. The quantitative estimate of drug-likeness (QED) is 0.649. The van der Waals surface area contributed by atoms with E-state index in [0.29, 0.717) is 12.2 Å². The van der Waals surface area contributed by atoms with E-state index in [1.165, 1.54) is 12.8 Å².